The first kappa shape index (κ1) is 17.2. The van der Waals surface area contributed by atoms with Gasteiger partial charge in [0, 0.05) is 0 Å². The monoisotopic (exact) mass is 348 g/mol. The van der Waals surface area contributed by atoms with Crippen molar-refractivity contribution in [3.63, 3.8) is 0 Å². The second-order valence-corrected chi connectivity index (χ2v) is 6.82. The summed E-state index contributed by atoms with van der Waals surface area (Å²) in [7, 11) is 0. The van der Waals surface area contributed by atoms with E-state index in [1.54, 1.807) is 4.68 Å². The topological polar surface area (TPSA) is 72.9 Å². The Labute approximate surface area is 142 Å². The zero-order chi connectivity index (χ0) is 18.4. The molecule has 0 aliphatic carbocycles. The summed E-state index contributed by atoms with van der Waals surface area (Å²) in [6.07, 6.45) is 1.13. The highest BCUT2D eigenvalue weighted by Crippen LogP contribution is 2.22. The number of benzene rings is 1. The Morgan fingerprint density at radius 2 is 1.88 bits per heavy atom. The Morgan fingerprint density at radius 3 is 2.48 bits per heavy atom. The summed E-state index contributed by atoms with van der Waals surface area (Å²) in [5.41, 5.74) is -0.847. The SMILES string of the molecule is CC(C)(C)n1ncc2c(=O)n(CC(O)c3c(F)cccc3F)cnc21. The van der Waals surface area contributed by atoms with Crippen LogP contribution in [0.2, 0.25) is 0 Å². The molecular weight excluding hydrogens is 330 g/mol. The van der Waals surface area contributed by atoms with Crippen molar-refractivity contribution in [1.29, 1.82) is 0 Å². The highest BCUT2D eigenvalue weighted by Gasteiger charge is 2.22. The van der Waals surface area contributed by atoms with Crippen LogP contribution in [0, 0.1) is 11.6 Å². The molecular formula is C17H18F2N4O2. The van der Waals surface area contributed by atoms with Gasteiger partial charge in [0.25, 0.3) is 5.56 Å². The Morgan fingerprint density at radius 1 is 1.24 bits per heavy atom. The van der Waals surface area contributed by atoms with E-state index >= 15 is 0 Å². The highest BCUT2D eigenvalue weighted by atomic mass is 19.1. The number of aromatic nitrogens is 4. The van der Waals surface area contributed by atoms with Crippen LogP contribution in [0.5, 0.6) is 0 Å². The summed E-state index contributed by atoms with van der Waals surface area (Å²) in [5.74, 6) is -1.73. The summed E-state index contributed by atoms with van der Waals surface area (Å²) < 4.78 is 30.3. The normalized spacial score (nSPS) is 13.4. The van der Waals surface area contributed by atoms with Crippen molar-refractivity contribution >= 4 is 11.0 Å². The summed E-state index contributed by atoms with van der Waals surface area (Å²) in [4.78, 5) is 16.8. The maximum absolute atomic E-state index is 13.8. The molecule has 0 bridgehead atoms. The maximum atomic E-state index is 13.8. The molecule has 2 heterocycles. The molecule has 0 aliphatic heterocycles. The van der Waals surface area contributed by atoms with Gasteiger partial charge in [-0.05, 0) is 32.9 Å². The molecule has 6 nitrogen and oxygen atoms in total. The second-order valence-electron chi connectivity index (χ2n) is 6.82. The van der Waals surface area contributed by atoms with E-state index < -0.39 is 28.9 Å². The first-order valence-corrected chi connectivity index (χ1v) is 7.76. The zero-order valence-corrected chi connectivity index (χ0v) is 14.1. The van der Waals surface area contributed by atoms with Crippen LogP contribution >= 0.6 is 0 Å². The molecule has 0 spiro atoms. The van der Waals surface area contributed by atoms with Crippen LogP contribution in [0.25, 0.3) is 11.0 Å². The minimum absolute atomic E-state index is 0.277. The lowest BCUT2D eigenvalue weighted by Crippen LogP contribution is -2.26. The number of rotatable bonds is 3. The van der Waals surface area contributed by atoms with Crippen molar-refractivity contribution in [2.24, 2.45) is 0 Å². The number of nitrogens with zero attached hydrogens (tertiary/aromatic N) is 4. The molecule has 0 aliphatic rings. The van der Waals surface area contributed by atoms with E-state index in [0.717, 1.165) is 16.7 Å². The Balaban J connectivity index is 2.00. The van der Waals surface area contributed by atoms with Crippen LogP contribution in [0.3, 0.4) is 0 Å². The number of hydrogen-bond acceptors (Lipinski definition) is 4. The van der Waals surface area contributed by atoms with Gasteiger partial charge in [0.15, 0.2) is 5.65 Å². The van der Waals surface area contributed by atoms with Gasteiger partial charge in [-0.15, -0.1) is 0 Å². The summed E-state index contributed by atoms with van der Waals surface area (Å²) in [6, 6.07) is 3.32. The summed E-state index contributed by atoms with van der Waals surface area (Å²) in [5, 5.41) is 14.6. The lowest BCUT2D eigenvalue weighted by molar-refractivity contribution is 0.145. The van der Waals surface area contributed by atoms with E-state index in [0.29, 0.717) is 5.65 Å². The smallest absolute Gasteiger partial charge is 0.264 e. The van der Waals surface area contributed by atoms with Crippen LogP contribution in [0.1, 0.15) is 32.4 Å². The quantitative estimate of drug-likeness (QED) is 0.789. The molecule has 8 heteroatoms. The van der Waals surface area contributed by atoms with E-state index in [1.807, 2.05) is 20.8 Å². The molecule has 132 valence electrons. The number of aliphatic hydroxyl groups excluding tert-OH is 1. The molecule has 25 heavy (non-hydrogen) atoms. The molecule has 0 amide bonds. The maximum Gasteiger partial charge on any atom is 0.264 e. The third-order valence-electron chi connectivity index (χ3n) is 3.89. The summed E-state index contributed by atoms with van der Waals surface area (Å²) >= 11 is 0. The average molecular weight is 348 g/mol. The van der Waals surface area contributed by atoms with Gasteiger partial charge in [-0.25, -0.2) is 18.4 Å². The van der Waals surface area contributed by atoms with Gasteiger partial charge in [0.2, 0.25) is 0 Å². The summed E-state index contributed by atoms with van der Waals surface area (Å²) in [6.45, 7) is 5.46. The van der Waals surface area contributed by atoms with Gasteiger partial charge in [0.05, 0.1) is 23.8 Å². The molecule has 1 aromatic carbocycles. The number of fused-ring (bicyclic) bond motifs is 1. The Kier molecular flexibility index (Phi) is 4.16. The van der Waals surface area contributed by atoms with Gasteiger partial charge in [0.1, 0.15) is 29.5 Å². The van der Waals surface area contributed by atoms with Crippen LogP contribution in [0.4, 0.5) is 8.78 Å². The van der Waals surface area contributed by atoms with Crippen LogP contribution < -0.4 is 5.56 Å². The molecule has 0 radical (unpaired) electrons. The van der Waals surface area contributed by atoms with Gasteiger partial charge < -0.3 is 5.11 Å². The molecule has 1 atom stereocenters. The Hall–Kier alpha value is -2.61. The van der Waals surface area contributed by atoms with Crippen LogP contribution in [-0.2, 0) is 12.1 Å². The molecule has 3 aromatic rings. The lowest BCUT2D eigenvalue weighted by Gasteiger charge is -2.20. The fraction of sp³-hybridized carbons (Fsp3) is 0.353. The van der Waals surface area contributed by atoms with Crippen molar-refractivity contribution in [3.05, 3.63) is 58.3 Å². The number of aliphatic hydroxyl groups is 1. The zero-order valence-electron chi connectivity index (χ0n) is 14.1. The largest absolute Gasteiger partial charge is 0.386 e. The second kappa shape index (κ2) is 6.03. The minimum Gasteiger partial charge on any atom is -0.386 e. The average Bonchev–Trinajstić information content (AvgIpc) is 2.95. The Bertz CT molecular complexity index is 968. The van der Waals surface area contributed by atoms with Crippen molar-refractivity contribution in [2.75, 3.05) is 0 Å². The third-order valence-corrected chi connectivity index (χ3v) is 3.89. The van der Waals surface area contributed by atoms with Gasteiger partial charge in [-0.3, -0.25) is 9.36 Å². The first-order chi connectivity index (χ1) is 11.7. The van der Waals surface area contributed by atoms with Gasteiger partial charge in [-0.1, -0.05) is 6.07 Å². The van der Waals surface area contributed by atoms with E-state index in [9.17, 15) is 18.7 Å². The number of hydrogen-bond donors (Lipinski definition) is 1. The van der Waals surface area contributed by atoms with Gasteiger partial charge >= 0.3 is 0 Å². The van der Waals surface area contributed by atoms with Crippen molar-refractivity contribution in [3.8, 4) is 0 Å². The van der Waals surface area contributed by atoms with Crippen LogP contribution in [0.15, 0.2) is 35.5 Å². The molecule has 0 saturated carbocycles. The minimum atomic E-state index is -1.52. The third kappa shape index (κ3) is 3.05. The fourth-order valence-corrected chi connectivity index (χ4v) is 2.68. The van der Waals surface area contributed by atoms with Crippen LogP contribution in [-0.4, -0.2) is 24.4 Å². The standard InChI is InChI=1S/C17H18F2N4O2/c1-17(2,3)23-15-10(7-21-23)16(25)22(9-20-15)8-13(24)14-11(18)5-4-6-12(14)19/h4-7,9,13,24H,8H2,1-3H3. The predicted octanol–water partition coefficient (Wildman–Crippen LogP) is 2.36. The van der Waals surface area contributed by atoms with E-state index in [-0.39, 0.29) is 17.5 Å². The fourth-order valence-electron chi connectivity index (χ4n) is 2.68. The van der Waals surface area contributed by atoms with E-state index in [1.165, 1.54) is 18.6 Å². The highest BCUT2D eigenvalue weighted by molar-refractivity contribution is 5.73. The van der Waals surface area contributed by atoms with Crippen molar-refractivity contribution in [1.82, 2.24) is 19.3 Å². The van der Waals surface area contributed by atoms with E-state index in [4.69, 9.17) is 0 Å². The molecule has 2 aromatic heterocycles. The van der Waals surface area contributed by atoms with E-state index in [2.05, 4.69) is 10.1 Å². The first-order valence-electron chi connectivity index (χ1n) is 7.76. The lowest BCUT2D eigenvalue weighted by atomic mass is 10.1. The predicted molar refractivity (Wildman–Crippen MR) is 88.1 cm³/mol. The van der Waals surface area contributed by atoms with Crippen molar-refractivity contribution in [2.45, 2.75) is 39.0 Å². The van der Waals surface area contributed by atoms with Gasteiger partial charge in [-0.2, -0.15) is 5.10 Å². The van der Waals surface area contributed by atoms with Crippen molar-refractivity contribution < 1.29 is 13.9 Å². The molecule has 1 unspecified atom stereocenters. The molecule has 0 fully saturated rings. The number of halogens is 2. The molecule has 3 rings (SSSR count). The molecule has 1 N–H and O–H groups in total. The molecule has 0 saturated heterocycles.